The van der Waals surface area contributed by atoms with Crippen molar-refractivity contribution in [3.05, 3.63) is 53.5 Å². The van der Waals surface area contributed by atoms with Crippen LogP contribution in [0.25, 0.3) is 10.9 Å². The highest BCUT2D eigenvalue weighted by atomic mass is 32.2. The standard InChI is InChI=1S/C20H21N5O4S/c1-12-3-4-13(10-22-12)11-28-14-5-6-16-15(9-14)17(25(2)24-16)18(26)23-20(19(21)27)7-8-29-30-20/h3-6,9-10H,7-8,11H2,1-2H3,(H2,21,27)(H,23,26). The van der Waals surface area contributed by atoms with E-state index in [1.54, 1.807) is 31.4 Å². The average molecular weight is 427 g/mol. The Morgan fingerprint density at radius 2 is 2.20 bits per heavy atom. The number of rotatable bonds is 6. The van der Waals surface area contributed by atoms with Crippen LogP contribution >= 0.6 is 12.0 Å². The molecule has 0 bridgehead atoms. The van der Waals surface area contributed by atoms with Gasteiger partial charge in [0.1, 0.15) is 18.1 Å². The van der Waals surface area contributed by atoms with Crippen LogP contribution in [0, 0.1) is 6.92 Å². The first-order valence-electron chi connectivity index (χ1n) is 9.32. The molecule has 0 saturated carbocycles. The highest BCUT2D eigenvalue weighted by molar-refractivity contribution is 7.97. The minimum absolute atomic E-state index is 0.299. The summed E-state index contributed by atoms with van der Waals surface area (Å²) in [7, 11) is 1.67. The molecule has 1 aliphatic heterocycles. The first-order chi connectivity index (χ1) is 14.4. The van der Waals surface area contributed by atoms with Gasteiger partial charge in [-0.1, -0.05) is 6.07 Å². The molecular formula is C20H21N5O4S. The Kier molecular flexibility index (Phi) is 5.35. The molecule has 3 heterocycles. The lowest BCUT2D eigenvalue weighted by Gasteiger charge is -2.23. The summed E-state index contributed by atoms with van der Waals surface area (Å²) in [6.07, 6.45) is 2.06. The third-order valence-electron chi connectivity index (χ3n) is 4.85. The highest BCUT2D eigenvalue weighted by Crippen LogP contribution is 2.34. The number of nitrogens with two attached hydrogens (primary N) is 1. The smallest absolute Gasteiger partial charge is 0.271 e. The monoisotopic (exact) mass is 427 g/mol. The van der Waals surface area contributed by atoms with Gasteiger partial charge in [0.15, 0.2) is 4.87 Å². The normalized spacial score (nSPS) is 18.5. The summed E-state index contributed by atoms with van der Waals surface area (Å²) in [4.78, 5) is 27.9. The molecule has 1 saturated heterocycles. The van der Waals surface area contributed by atoms with Gasteiger partial charge in [-0.3, -0.25) is 19.3 Å². The largest absolute Gasteiger partial charge is 0.489 e. The van der Waals surface area contributed by atoms with Crippen molar-refractivity contribution in [3.63, 3.8) is 0 Å². The number of amides is 2. The highest BCUT2D eigenvalue weighted by Gasteiger charge is 2.44. The zero-order valence-electron chi connectivity index (χ0n) is 16.5. The second-order valence-corrected chi connectivity index (χ2v) is 8.15. The van der Waals surface area contributed by atoms with Gasteiger partial charge in [-0.15, -0.1) is 0 Å². The van der Waals surface area contributed by atoms with Crippen LogP contribution in [0.4, 0.5) is 0 Å². The van der Waals surface area contributed by atoms with E-state index in [4.69, 9.17) is 14.7 Å². The number of pyridine rings is 1. The Hall–Kier alpha value is -3.11. The van der Waals surface area contributed by atoms with E-state index in [-0.39, 0.29) is 0 Å². The van der Waals surface area contributed by atoms with Gasteiger partial charge in [0.05, 0.1) is 12.1 Å². The predicted molar refractivity (Wildman–Crippen MR) is 112 cm³/mol. The van der Waals surface area contributed by atoms with E-state index >= 15 is 0 Å². The molecule has 10 heteroatoms. The molecule has 1 unspecified atom stereocenters. The maximum Gasteiger partial charge on any atom is 0.271 e. The number of carbonyl (C=O) groups is 2. The van der Waals surface area contributed by atoms with Crippen molar-refractivity contribution in [2.45, 2.75) is 24.8 Å². The van der Waals surface area contributed by atoms with Crippen LogP contribution in [0.3, 0.4) is 0 Å². The van der Waals surface area contributed by atoms with Crippen LogP contribution in [0.15, 0.2) is 36.5 Å². The molecule has 1 aromatic carbocycles. The van der Waals surface area contributed by atoms with Crippen LogP contribution in [0.2, 0.25) is 0 Å². The maximum atomic E-state index is 13.0. The molecule has 3 aromatic rings. The van der Waals surface area contributed by atoms with Crippen LogP contribution in [0.1, 0.15) is 28.2 Å². The number of nitrogens with zero attached hydrogens (tertiary/aromatic N) is 3. The number of aromatic nitrogens is 3. The Balaban J connectivity index is 1.59. The average Bonchev–Trinajstić information content (AvgIpc) is 3.31. The molecule has 0 aliphatic carbocycles. The maximum absolute atomic E-state index is 13.0. The number of fused-ring (bicyclic) bond motifs is 1. The van der Waals surface area contributed by atoms with Crippen molar-refractivity contribution in [1.82, 2.24) is 20.1 Å². The minimum Gasteiger partial charge on any atom is -0.489 e. The summed E-state index contributed by atoms with van der Waals surface area (Å²) >= 11 is 0.878. The van der Waals surface area contributed by atoms with Gasteiger partial charge in [0.2, 0.25) is 0 Å². The molecule has 0 radical (unpaired) electrons. The van der Waals surface area contributed by atoms with E-state index in [1.165, 1.54) is 4.68 Å². The Labute approximate surface area is 177 Å². The number of primary amides is 1. The molecule has 1 fully saturated rings. The molecule has 0 spiro atoms. The van der Waals surface area contributed by atoms with Gasteiger partial charge in [0.25, 0.3) is 11.8 Å². The van der Waals surface area contributed by atoms with E-state index < -0.39 is 16.7 Å². The minimum atomic E-state index is -1.29. The van der Waals surface area contributed by atoms with Crippen LogP contribution in [-0.2, 0) is 22.6 Å². The first kappa shape index (κ1) is 20.2. The van der Waals surface area contributed by atoms with E-state index in [9.17, 15) is 9.59 Å². The summed E-state index contributed by atoms with van der Waals surface area (Å²) in [6, 6.07) is 9.21. The number of aryl methyl sites for hydroxylation is 2. The SMILES string of the molecule is Cc1ccc(COc2ccc3nn(C)c(C(=O)NC4(C(N)=O)CCOS4)c3c2)cn1. The number of ether oxygens (including phenoxy) is 1. The van der Waals surface area contributed by atoms with E-state index in [0.717, 1.165) is 23.3 Å². The van der Waals surface area contributed by atoms with Crippen LogP contribution in [0.5, 0.6) is 5.75 Å². The second kappa shape index (κ2) is 7.96. The van der Waals surface area contributed by atoms with E-state index in [1.807, 2.05) is 19.1 Å². The van der Waals surface area contributed by atoms with Gasteiger partial charge in [-0.2, -0.15) is 5.10 Å². The molecule has 9 nitrogen and oxygen atoms in total. The number of carbonyl (C=O) groups excluding carboxylic acids is 2. The third-order valence-corrected chi connectivity index (χ3v) is 5.93. The van der Waals surface area contributed by atoms with Gasteiger partial charge in [0, 0.05) is 48.4 Å². The topological polar surface area (TPSA) is 121 Å². The molecule has 3 N–H and O–H groups in total. The van der Waals surface area contributed by atoms with Crippen LogP contribution in [-0.4, -0.2) is 38.1 Å². The molecule has 2 aromatic heterocycles. The Bertz CT molecular complexity index is 1110. The fraction of sp³-hybridized carbons (Fsp3) is 0.300. The molecule has 156 valence electrons. The number of benzene rings is 1. The van der Waals surface area contributed by atoms with Crippen molar-refractivity contribution < 1.29 is 18.5 Å². The molecule has 30 heavy (non-hydrogen) atoms. The van der Waals surface area contributed by atoms with Crippen molar-refractivity contribution in [3.8, 4) is 5.75 Å². The number of nitrogens with one attached hydrogen (secondary N) is 1. The fourth-order valence-corrected chi connectivity index (χ4v) is 3.96. The summed E-state index contributed by atoms with van der Waals surface area (Å²) in [5.41, 5.74) is 8.32. The van der Waals surface area contributed by atoms with Gasteiger partial charge in [-0.05, 0) is 31.2 Å². The second-order valence-electron chi connectivity index (χ2n) is 7.05. The number of hydrogen-bond acceptors (Lipinski definition) is 7. The van der Waals surface area contributed by atoms with Gasteiger partial charge >= 0.3 is 0 Å². The lowest BCUT2D eigenvalue weighted by molar-refractivity contribution is -0.120. The zero-order valence-corrected chi connectivity index (χ0v) is 17.4. The van der Waals surface area contributed by atoms with Gasteiger partial charge < -0.3 is 20.0 Å². The summed E-state index contributed by atoms with van der Waals surface area (Å²) in [5, 5.41) is 7.72. The van der Waals surface area contributed by atoms with E-state index in [0.29, 0.717) is 42.0 Å². The zero-order chi connectivity index (χ0) is 21.3. The van der Waals surface area contributed by atoms with Crippen molar-refractivity contribution in [1.29, 1.82) is 0 Å². The van der Waals surface area contributed by atoms with Crippen molar-refractivity contribution >= 4 is 34.8 Å². The summed E-state index contributed by atoms with van der Waals surface area (Å²) in [5.74, 6) is -0.523. The molecule has 1 aliphatic rings. The molecular weight excluding hydrogens is 406 g/mol. The van der Waals surface area contributed by atoms with Crippen molar-refractivity contribution in [2.24, 2.45) is 12.8 Å². The van der Waals surface area contributed by atoms with Crippen LogP contribution < -0.4 is 15.8 Å². The Morgan fingerprint density at radius 3 is 2.87 bits per heavy atom. The Morgan fingerprint density at radius 1 is 1.37 bits per heavy atom. The summed E-state index contributed by atoms with van der Waals surface area (Å²) < 4.78 is 12.6. The van der Waals surface area contributed by atoms with Crippen molar-refractivity contribution in [2.75, 3.05) is 6.61 Å². The molecule has 4 rings (SSSR count). The first-order valence-corrected chi connectivity index (χ1v) is 10.1. The van der Waals surface area contributed by atoms with Gasteiger partial charge in [-0.25, -0.2) is 0 Å². The third kappa shape index (κ3) is 3.83. The molecule has 2 amide bonds. The fourth-order valence-electron chi connectivity index (χ4n) is 3.21. The quantitative estimate of drug-likeness (QED) is 0.576. The lowest BCUT2D eigenvalue weighted by atomic mass is 10.1. The molecule has 1 atom stereocenters. The lowest BCUT2D eigenvalue weighted by Crippen LogP contribution is -2.53. The number of hydrogen-bond donors (Lipinski definition) is 2. The van der Waals surface area contributed by atoms with E-state index in [2.05, 4.69) is 15.4 Å². The summed E-state index contributed by atoms with van der Waals surface area (Å²) in [6.45, 7) is 2.59. The predicted octanol–water partition coefficient (Wildman–Crippen LogP) is 1.84.